The number of nitrogens with one attached hydrogen (secondary N) is 6. The highest BCUT2D eigenvalue weighted by Crippen LogP contribution is 2.32. The summed E-state index contributed by atoms with van der Waals surface area (Å²) in [6.45, 7) is 23.5. The molecule has 0 aromatic carbocycles. The van der Waals surface area contributed by atoms with Gasteiger partial charge in [-0.1, -0.05) is 12.2 Å². The number of ether oxygens (including phenoxy) is 9. The van der Waals surface area contributed by atoms with Gasteiger partial charge in [0.2, 0.25) is 5.91 Å². The van der Waals surface area contributed by atoms with Gasteiger partial charge in [0.05, 0.1) is 55.6 Å². The first-order valence-electron chi connectivity index (χ1n) is 24.3. The summed E-state index contributed by atoms with van der Waals surface area (Å²) in [5, 5.41) is 59.9. The Morgan fingerprint density at radius 3 is 1.56 bits per heavy atom. The van der Waals surface area contributed by atoms with E-state index in [1.54, 1.807) is 110 Å². The molecule has 8 unspecified atom stereocenters. The van der Waals surface area contributed by atoms with Crippen molar-refractivity contribution in [2.45, 2.75) is 230 Å². The van der Waals surface area contributed by atoms with Crippen molar-refractivity contribution in [3.63, 3.8) is 0 Å². The molecule has 73 heavy (non-hydrogen) atoms. The van der Waals surface area contributed by atoms with Crippen LogP contribution in [0.3, 0.4) is 0 Å². The van der Waals surface area contributed by atoms with Crippen molar-refractivity contribution in [3.8, 4) is 0 Å². The molecule has 1 saturated heterocycles. The molecular weight excluding hydrogens is 967 g/mol. The van der Waals surface area contributed by atoms with Gasteiger partial charge in [-0.2, -0.15) is 0 Å². The van der Waals surface area contributed by atoms with E-state index in [-0.39, 0.29) is 25.9 Å². The van der Waals surface area contributed by atoms with E-state index in [0.717, 1.165) is 0 Å². The highest BCUT2D eigenvalue weighted by Gasteiger charge is 2.53. The fourth-order valence-electron chi connectivity index (χ4n) is 7.46. The molecular formula is C47H83N7O19. The Morgan fingerprint density at radius 1 is 0.603 bits per heavy atom. The summed E-state index contributed by atoms with van der Waals surface area (Å²) in [6, 6.07) is -6.79. The molecule has 3 rings (SSSR count). The van der Waals surface area contributed by atoms with Crippen LogP contribution in [0.25, 0.3) is 0 Å². The average Bonchev–Trinajstić information content (AvgIpc) is 3.19. The van der Waals surface area contributed by atoms with Crippen LogP contribution in [0.2, 0.25) is 0 Å². The summed E-state index contributed by atoms with van der Waals surface area (Å²) < 4.78 is 52.3. The standard InChI is InChI=1S/C47H83N7O19/c1-43(2,3)69-38(60)49-19-18-27(56)35(59)51-25-20-26(53-41(63)72-46(10,11)12)34(29(48)33(25)68-37-32(58)30(31(57)28(22-55)66-37)54-42(64)73-47(13,14)15)67-36-24(52-40(62)71-45(7,8)9)17-16-23(65-36)21-50-39(61)70-44(4,5)6/h16-17,23-34,36-37,55-58H,18-22,48H2,1-15H3,(H,49,60)(H,50,61)(H,51,59)(H,52,62)(H,53,63)(H,54,64)/t23?,24?,25?,26-,27-,28?,29?,30?,31+,32?,33-,34?,36+,37+/m0/s1. The van der Waals surface area contributed by atoms with Crippen LogP contribution < -0.4 is 37.6 Å². The molecule has 12 N–H and O–H groups in total. The molecule has 2 heterocycles. The SMILES string of the molecule is CC(C)(C)OC(=O)NCC[C@H](O)C(=O)NC1C[C@H](NC(=O)OC(C)(C)C)C(O[C@H]2OC(CNC(=O)OC(C)(C)C)C=CC2NC(=O)OC(C)(C)C)C(N)[C@H]1O[C@H]1OC(CO)[C@@H](O)C(NC(=O)OC(C)(C)C)C1O. The van der Waals surface area contributed by atoms with Crippen LogP contribution in [0.5, 0.6) is 0 Å². The second kappa shape index (κ2) is 25.6. The third kappa shape index (κ3) is 21.9. The smallest absolute Gasteiger partial charge is 0.408 e. The number of alkyl carbamates (subject to hydrolysis) is 5. The molecule has 420 valence electrons. The lowest BCUT2D eigenvalue weighted by atomic mass is 9.81. The second-order valence-corrected chi connectivity index (χ2v) is 23.0. The number of rotatable bonds is 15. The minimum Gasteiger partial charge on any atom is -0.444 e. The first kappa shape index (κ1) is 62.5. The zero-order chi connectivity index (χ0) is 55.6. The summed E-state index contributed by atoms with van der Waals surface area (Å²) >= 11 is 0. The summed E-state index contributed by atoms with van der Waals surface area (Å²) in [5.74, 6) is -0.992. The Labute approximate surface area is 427 Å². The Bertz CT molecular complexity index is 1890. The van der Waals surface area contributed by atoms with E-state index >= 15 is 0 Å². The largest absolute Gasteiger partial charge is 0.444 e. The second-order valence-electron chi connectivity index (χ2n) is 23.0. The molecule has 0 bridgehead atoms. The van der Waals surface area contributed by atoms with E-state index in [1.807, 2.05) is 0 Å². The number of amides is 6. The van der Waals surface area contributed by atoms with Crippen LogP contribution in [0, 0.1) is 0 Å². The summed E-state index contributed by atoms with van der Waals surface area (Å²) in [7, 11) is 0. The van der Waals surface area contributed by atoms with Gasteiger partial charge in [0.1, 0.15) is 58.5 Å². The van der Waals surface area contributed by atoms with Gasteiger partial charge in [-0.3, -0.25) is 4.79 Å². The molecule has 0 aromatic heterocycles. The van der Waals surface area contributed by atoms with E-state index in [4.69, 9.17) is 48.4 Å². The lowest BCUT2D eigenvalue weighted by Crippen LogP contribution is -2.72. The fourth-order valence-corrected chi connectivity index (χ4v) is 7.46. The van der Waals surface area contributed by atoms with Crippen LogP contribution in [-0.4, -0.2) is 190 Å². The molecule has 6 amide bonds. The molecule has 2 fully saturated rings. The van der Waals surface area contributed by atoms with Crippen LogP contribution in [0.4, 0.5) is 24.0 Å². The Morgan fingerprint density at radius 2 is 1.05 bits per heavy atom. The predicted molar refractivity (Wildman–Crippen MR) is 258 cm³/mol. The molecule has 0 spiro atoms. The van der Waals surface area contributed by atoms with E-state index in [2.05, 4.69) is 31.9 Å². The number of hydrogen-bond donors (Lipinski definition) is 11. The van der Waals surface area contributed by atoms with E-state index in [0.29, 0.717) is 0 Å². The summed E-state index contributed by atoms with van der Waals surface area (Å²) in [5.41, 5.74) is 2.50. The number of aliphatic hydroxyl groups is 4. The quantitative estimate of drug-likeness (QED) is 0.0810. The highest BCUT2D eigenvalue weighted by molar-refractivity contribution is 5.81. The molecule has 3 aliphatic rings. The maximum Gasteiger partial charge on any atom is 0.408 e. The normalized spacial score (nSPS) is 29.3. The van der Waals surface area contributed by atoms with Crippen LogP contribution >= 0.6 is 0 Å². The van der Waals surface area contributed by atoms with Gasteiger partial charge in [0, 0.05) is 6.54 Å². The van der Waals surface area contributed by atoms with E-state index in [1.165, 1.54) is 6.08 Å². The van der Waals surface area contributed by atoms with E-state index < -0.39 is 157 Å². The minimum absolute atomic E-state index is 0.149. The highest BCUT2D eigenvalue weighted by atomic mass is 16.7. The van der Waals surface area contributed by atoms with Crippen molar-refractivity contribution in [2.24, 2.45) is 5.73 Å². The predicted octanol–water partition coefficient (Wildman–Crippen LogP) is 1.17. The Balaban J connectivity index is 2.13. The zero-order valence-electron chi connectivity index (χ0n) is 44.8. The number of carbonyl (C=O) groups is 6. The molecule has 26 nitrogen and oxygen atoms in total. The molecule has 1 saturated carbocycles. The van der Waals surface area contributed by atoms with Gasteiger partial charge < -0.3 is 101 Å². The molecule has 2 aliphatic heterocycles. The van der Waals surface area contributed by atoms with Crippen molar-refractivity contribution < 1.29 is 91.8 Å². The van der Waals surface area contributed by atoms with Crippen LogP contribution in [0.1, 0.15) is 117 Å². The van der Waals surface area contributed by atoms with Crippen LogP contribution in [0.15, 0.2) is 12.2 Å². The fraction of sp³-hybridized carbons (Fsp3) is 0.830. The summed E-state index contributed by atoms with van der Waals surface area (Å²) in [6.07, 6.45) is -16.1. The molecule has 1 aliphatic carbocycles. The maximum atomic E-state index is 13.9. The molecule has 26 heteroatoms. The summed E-state index contributed by atoms with van der Waals surface area (Å²) in [4.78, 5) is 78.7. The first-order valence-corrected chi connectivity index (χ1v) is 24.3. The maximum absolute atomic E-state index is 13.9. The number of nitrogens with two attached hydrogens (primary N) is 1. The van der Waals surface area contributed by atoms with Gasteiger partial charge in [0.15, 0.2) is 12.6 Å². The molecule has 14 atom stereocenters. The van der Waals surface area contributed by atoms with Crippen molar-refractivity contribution >= 4 is 36.4 Å². The van der Waals surface area contributed by atoms with E-state index in [9.17, 15) is 49.2 Å². The van der Waals surface area contributed by atoms with Gasteiger partial charge in [0.25, 0.3) is 0 Å². The van der Waals surface area contributed by atoms with Gasteiger partial charge in [-0.15, -0.1) is 0 Å². The van der Waals surface area contributed by atoms with Crippen LogP contribution in [-0.2, 0) is 47.4 Å². The monoisotopic (exact) mass is 1050 g/mol. The lowest BCUT2D eigenvalue weighted by molar-refractivity contribution is -0.303. The third-order valence-electron chi connectivity index (χ3n) is 10.3. The number of hydrogen-bond acceptors (Lipinski definition) is 20. The zero-order valence-corrected chi connectivity index (χ0v) is 44.8. The van der Waals surface area contributed by atoms with Crippen molar-refractivity contribution in [2.75, 3.05) is 19.7 Å². The topological polar surface area (TPSA) is 365 Å². The molecule has 0 radical (unpaired) electrons. The first-order chi connectivity index (χ1) is 33.3. The van der Waals surface area contributed by atoms with Crippen molar-refractivity contribution in [1.29, 1.82) is 0 Å². The Kier molecular flexibility index (Phi) is 21.9. The number of aliphatic hydroxyl groups excluding tert-OH is 4. The Hall–Kier alpha value is -4.80. The number of carbonyl (C=O) groups excluding carboxylic acids is 6. The third-order valence-corrected chi connectivity index (χ3v) is 10.3. The van der Waals surface area contributed by atoms with Gasteiger partial charge in [-0.25, -0.2) is 24.0 Å². The van der Waals surface area contributed by atoms with Crippen molar-refractivity contribution in [3.05, 3.63) is 12.2 Å². The van der Waals surface area contributed by atoms with Gasteiger partial charge in [-0.05, 0) is 117 Å². The minimum atomic E-state index is -1.91. The van der Waals surface area contributed by atoms with Crippen molar-refractivity contribution in [1.82, 2.24) is 31.9 Å². The van der Waals surface area contributed by atoms with Gasteiger partial charge >= 0.3 is 30.5 Å². The average molecular weight is 1050 g/mol. The molecule has 0 aromatic rings. The lowest BCUT2D eigenvalue weighted by Gasteiger charge is -2.49.